The van der Waals surface area contributed by atoms with Crippen molar-refractivity contribution in [2.24, 2.45) is 0 Å². The zero-order valence-corrected chi connectivity index (χ0v) is 9.54. The highest BCUT2D eigenvalue weighted by atomic mass is 32.2. The molecule has 0 atom stereocenters. The van der Waals surface area contributed by atoms with Gasteiger partial charge in [-0.1, -0.05) is 0 Å². The Kier molecular flexibility index (Phi) is 3.06. The summed E-state index contributed by atoms with van der Waals surface area (Å²) in [7, 11) is -0.724. The number of aromatic nitrogens is 1. The molecule has 16 heavy (non-hydrogen) atoms. The summed E-state index contributed by atoms with van der Waals surface area (Å²) >= 11 is 0. The first-order valence-electron chi connectivity index (χ1n) is 4.97. The molecule has 0 bridgehead atoms. The third-order valence-corrected chi connectivity index (χ3v) is 3.84. The molecule has 84 valence electrons. The summed E-state index contributed by atoms with van der Waals surface area (Å²) in [5.41, 5.74) is 6.71. The van der Waals surface area contributed by atoms with Crippen molar-refractivity contribution in [2.45, 2.75) is 0 Å². The molecule has 1 aliphatic heterocycles. The quantitative estimate of drug-likeness (QED) is 0.748. The molecule has 0 amide bonds. The maximum absolute atomic E-state index is 11.2. The van der Waals surface area contributed by atoms with E-state index in [1.807, 2.05) is 11.0 Å². The second-order valence-electron chi connectivity index (χ2n) is 3.54. The summed E-state index contributed by atoms with van der Waals surface area (Å²) in [4.78, 5) is 6.17. The van der Waals surface area contributed by atoms with Gasteiger partial charge in [0, 0.05) is 41.6 Å². The molecule has 2 heterocycles. The lowest BCUT2D eigenvalue weighted by Crippen LogP contribution is -2.38. The number of rotatable bonds is 1. The SMILES string of the molecule is N#Cc1ccnc(N2CCS(=O)CC2)c1N. The molecule has 1 saturated heterocycles. The Hall–Kier alpha value is -1.61. The molecular weight excluding hydrogens is 224 g/mol. The summed E-state index contributed by atoms with van der Waals surface area (Å²) in [6, 6.07) is 3.63. The lowest BCUT2D eigenvalue weighted by atomic mass is 10.2. The minimum absolute atomic E-state index is 0.415. The molecule has 1 aromatic rings. The lowest BCUT2D eigenvalue weighted by Gasteiger charge is -2.28. The van der Waals surface area contributed by atoms with E-state index in [0.29, 0.717) is 41.7 Å². The number of hydrogen-bond acceptors (Lipinski definition) is 5. The molecule has 1 aliphatic rings. The van der Waals surface area contributed by atoms with Crippen LogP contribution in [0.3, 0.4) is 0 Å². The van der Waals surface area contributed by atoms with Crippen LogP contribution in [0.4, 0.5) is 11.5 Å². The fourth-order valence-corrected chi connectivity index (χ4v) is 2.71. The molecule has 0 spiro atoms. The summed E-state index contributed by atoms with van der Waals surface area (Å²) in [6.07, 6.45) is 1.58. The third kappa shape index (κ3) is 1.99. The van der Waals surface area contributed by atoms with Crippen molar-refractivity contribution in [1.82, 2.24) is 4.98 Å². The van der Waals surface area contributed by atoms with Crippen LogP contribution in [-0.2, 0) is 10.8 Å². The van der Waals surface area contributed by atoms with Crippen molar-refractivity contribution < 1.29 is 4.21 Å². The summed E-state index contributed by atoms with van der Waals surface area (Å²) in [5.74, 6) is 1.91. The Labute approximate surface area is 96.3 Å². The van der Waals surface area contributed by atoms with Gasteiger partial charge in [-0.3, -0.25) is 4.21 Å². The van der Waals surface area contributed by atoms with Crippen molar-refractivity contribution in [3.8, 4) is 6.07 Å². The van der Waals surface area contributed by atoms with E-state index in [4.69, 9.17) is 11.0 Å². The van der Waals surface area contributed by atoms with Gasteiger partial charge in [0.1, 0.15) is 6.07 Å². The van der Waals surface area contributed by atoms with Crippen LogP contribution in [0.25, 0.3) is 0 Å². The molecule has 5 nitrogen and oxygen atoms in total. The zero-order valence-electron chi connectivity index (χ0n) is 8.72. The number of anilines is 2. The largest absolute Gasteiger partial charge is 0.395 e. The van der Waals surface area contributed by atoms with Crippen molar-refractivity contribution in [1.29, 1.82) is 5.26 Å². The molecule has 0 saturated carbocycles. The number of nitrogens with zero attached hydrogens (tertiary/aromatic N) is 3. The minimum atomic E-state index is -0.724. The molecule has 1 fully saturated rings. The van der Waals surface area contributed by atoms with Crippen LogP contribution in [0.2, 0.25) is 0 Å². The fourth-order valence-electron chi connectivity index (χ4n) is 1.66. The maximum Gasteiger partial charge on any atom is 0.153 e. The van der Waals surface area contributed by atoms with Gasteiger partial charge in [0.2, 0.25) is 0 Å². The molecule has 2 N–H and O–H groups in total. The number of hydrogen-bond donors (Lipinski definition) is 1. The molecule has 2 rings (SSSR count). The molecule has 0 unspecified atom stereocenters. The summed E-state index contributed by atoms with van der Waals surface area (Å²) in [5, 5.41) is 8.86. The van der Waals surface area contributed by atoms with Gasteiger partial charge in [-0.2, -0.15) is 5.26 Å². The van der Waals surface area contributed by atoms with Gasteiger partial charge >= 0.3 is 0 Å². The predicted octanol–water partition coefficient (Wildman–Crippen LogP) is 0.104. The van der Waals surface area contributed by atoms with Gasteiger partial charge in [-0.05, 0) is 6.07 Å². The number of pyridine rings is 1. The first-order chi connectivity index (χ1) is 7.72. The van der Waals surface area contributed by atoms with Gasteiger partial charge in [0.25, 0.3) is 0 Å². The summed E-state index contributed by atoms with van der Waals surface area (Å²) < 4.78 is 11.2. The van der Waals surface area contributed by atoms with Gasteiger partial charge < -0.3 is 10.6 Å². The van der Waals surface area contributed by atoms with Crippen molar-refractivity contribution in [2.75, 3.05) is 35.2 Å². The van der Waals surface area contributed by atoms with Crippen LogP contribution >= 0.6 is 0 Å². The van der Waals surface area contributed by atoms with Crippen LogP contribution in [0.1, 0.15) is 5.56 Å². The first-order valence-corrected chi connectivity index (χ1v) is 6.45. The predicted molar refractivity (Wildman–Crippen MR) is 63.5 cm³/mol. The monoisotopic (exact) mass is 236 g/mol. The number of nitrogen functional groups attached to an aromatic ring is 1. The van der Waals surface area contributed by atoms with E-state index >= 15 is 0 Å². The van der Waals surface area contributed by atoms with Crippen LogP contribution in [0.5, 0.6) is 0 Å². The molecule has 0 aliphatic carbocycles. The van der Waals surface area contributed by atoms with Crippen molar-refractivity contribution in [3.63, 3.8) is 0 Å². The van der Waals surface area contributed by atoms with Crippen LogP contribution in [-0.4, -0.2) is 33.8 Å². The molecule has 0 aromatic carbocycles. The minimum Gasteiger partial charge on any atom is -0.395 e. The van der Waals surface area contributed by atoms with E-state index < -0.39 is 10.8 Å². The number of nitrogens with two attached hydrogens (primary N) is 1. The van der Waals surface area contributed by atoms with E-state index in [9.17, 15) is 4.21 Å². The Bertz CT molecular complexity index is 458. The van der Waals surface area contributed by atoms with E-state index in [-0.39, 0.29) is 0 Å². The highest BCUT2D eigenvalue weighted by molar-refractivity contribution is 7.85. The number of nitriles is 1. The Morgan fingerprint density at radius 2 is 2.19 bits per heavy atom. The molecule has 0 radical (unpaired) electrons. The smallest absolute Gasteiger partial charge is 0.153 e. The topological polar surface area (TPSA) is 83.0 Å². The van der Waals surface area contributed by atoms with Gasteiger partial charge in [-0.25, -0.2) is 4.98 Å². The Morgan fingerprint density at radius 1 is 1.50 bits per heavy atom. The van der Waals surface area contributed by atoms with E-state index in [1.54, 1.807) is 12.3 Å². The first kappa shape index (κ1) is 10.9. The van der Waals surface area contributed by atoms with Crippen LogP contribution in [0, 0.1) is 11.3 Å². The average molecular weight is 236 g/mol. The second kappa shape index (κ2) is 4.49. The Morgan fingerprint density at radius 3 is 2.81 bits per heavy atom. The van der Waals surface area contributed by atoms with Crippen LogP contribution < -0.4 is 10.6 Å². The average Bonchev–Trinajstić information content (AvgIpc) is 2.31. The fraction of sp³-hybridized carbons (Fsp3) is 0.400. The van der Waals surface area contributed by atoms with Crippen molar-refractivity contribution in [3.05, 3.63) is 17.8 Å². The van der Waals surface area contributed by atoms with Gasteiger partial charge in [0.05, 0.1) is 11.3 Å². The van der Waals surface area contributed by atoms with Gasteiger partial charge in [0.15, 0.2) is 5.82 Å². The third-order valence-electron chi connectivity index (χ3n) is 2.57. The highest BCUT2D eigenvalue weighted by Crippen LogP contribution is 2.24. The molecule has 6 heteroatoms. The standard InChI is InChI=1S/C10H12N4OS/c11-7-8-1-2-13-10(9(8)12)14-3-5-16(15)6-4-14/h1-2H,3-6,12H2. The van der Waals surface area contributed by atoms with E-state index in [2.05, 4.69) is 4.98 Å². The normalized spacial score (nSPS) is 17.1. The zero-order chi connectivity index (χ0) is 11.5. The molecule has 1 aromatic heterocycles. The van der Waals surface area contributed by atoms with E-state index in [0.717, 1.165) is 0 Å². The Balaban J connectivity index is 2.28. The lowest BCUT2D eigenvalue weighted by molar-refractivity contribution is 0.672. The van der Waals surface area contributed by atoms with E-state index in [1.165, 1.54) is 0 Å². The van der Waals surface area contributed by atoms with Gasteiger partial charge in [-0.15, -0.1) is 0 Å². The summed E-state index contributed by atoms with van der Waals surface area (Å²) in [6.45, 7) is 1.36. The van der Waals surface area contributed by atoms with Crippen molar-refractivity contribution >= 4 is 22.3 Å². The van der Waals surface area contributed by atoms with Crippen LogP contribution in [0.15, 0.2) is 12.3 Å². The molecular formula is C10H12N4OS. The second-order valence-corrected chi connectivity index (χ2v) is 5.24. The highest BCUT2D eigenvalue weighted by Gasteiger charge is 2.19. The maximum atomic E-state index is 11.2.